The third-order valence-corrected chi connectivity index (χ3v) is 5.42. The number of benzene rings is 1. The normalized spacial score (nSPS) is 18.3. The Hall–Kier alpha value is -1.56. The minimum Gasteiger partial charge on any atom is -0.287 e. The van der Waals surface area contributed by atoms with Gasteiger partial charge in [0.1, 0.15) is 0 Å². The molecule has 1 aromatic carbocycles. The van der Waals surface area contributed by atoms with Crippen molar-refractivity contribution >= 4 is 5.91 Å². The maximum absolute atomic E-state index is 13.8. The van der Waals surface area contributed by atoms with E-state index in [1.165, 1.54) is 32.1 Å². The Kier molecular flexibility index (Phi) is 7.93. The van der Waals surface area contributed by atoms with Crippen LogP contribution < -0.4 is 5.43 Å². The van der Waals surface area contributed by atoms with Crippen molar-refractivity contribution in [3.05, 3.63) is 35.4 Å². The molecule has 1 aliphatic heterocycles. The average molecular weight is 399 g/mol. The number of halogens is 3. The molecule has 1 fully saturated rings. The highest BCUT2D eigenvalue weighted by Crippen LogP contribution is 2.42. The number of rotatable bonds is 10. The highest BCUT2D eigenvalue weighted by Gasteiger charge is 2.52. The third kappa shape index (κ3) is 6.23. The van der Waals surface area contributed by atoms with Crippen LogP contribution in [0.2, 0.25) is 0 Å². The van der Waals surface area contributed by atoms with Crippen LogP contribution in [0.25, 0.3) is 0 Å². The summed E-state index contributed by atoms with van der Waals surface area (Å²) in [5.74, 6) is -0.380. The van der Waals surface area contributed by atoms with Gasteiger partial charge < -0.3 is 0 Å². The van der Waals surface area contributed by atoms with Gasteiger partial charge in [-0.1, -0.05) is 69.7 Å². The Bertz CT molecular complexity index is 626. The van der Waals surface area contributed by atoms with Gasteiger partial charge in [0.15, 0.2) is 6.04 Å². The van der Waals surface area contributed by atoms with E-state index >= 15 is 0 Å². The zero-order chi connectivity index (χ0) is 20.8. The molecule has 1 aliphatic rings. The van der Waals surface area contributed by atoms with Crippen LogP contribution in [0.1, 0.15) is 89.3 Å². The Morgan fingerprint density at radius 1 is 1.04 bits per heavy atom. The molecule has 0 aliphatic carbocycles. The van der Waals surface area contributed by atoms with E-state index in [1.54, 1.807) is 38.1 Å². The molecule has 1 aromatic rings. The number of hydrogen-bond donors (Lipinski definition) is 1. The monoisotopic (exact) mass is 398 g/mol. The van der Waals surface area contributed by atoms with Crippen molar-refractivity contribution in [3.63, 3.8) is 0 Å². The molecule has 6 heteroatoms. The number of carbonyl (C=O) groups excluding carboxylic acids is 1. The van der Waals surface area contributed by atoms with Gasteiger partial charge in [-0.15, -0.1) is 0 Å². The summed E-state index contributed by atoms with van der Waals surface area (Å²) in [7, 11) is 0. The van der Waals surface area contributed by atoms with Crippen molar-refractivity contribution in [1.29, 1.82) is 0 Å². The number of alkyl halides is 3. The second-order valence-corrected chi connectivity index (χ2v) is 8.45. The average Bonchev–Trinajstić information content (AvgIpc) is 2.86. The van der Waals surface area contributed by atoms with Crippen molar-refractivity contribution < 1.29 is 18.0 Å². The van der Waals surface area contributed by atoms with Crippen LogP contribution in [0, 0.1) is 0 Å². The smallest absolute Gasteiger partial charge is 0.287 e. The van der Waals surface area contributed by atoms with Crippen LogP contribution in [0.3, 0.4) is 0 Å². The molecule has 158 valence electrons. The lowest BCUT2D eigenvalue weighted by atomic mass is 9.96. The Balaban J connectivity index is 1.98. The summed E-state index contributed by atoms with van der Waals surface area (Å²) in [6, 6.07) is 4.83. The van der Waals surface area contributed by atoms with Gasteiger partial charge in [-0.2, -0.15) is 18.2 Å². The molecule has 0 radical (unpaired) electrons. The van der Waals surface area contributed by atoms with E-state index in [4.69, 9.17) is 0 Å². The second-order valence-electron chi connectivity index (χ2n) is 8.45. The number of nitrogens with one attached hydrogen (secondary N) is 1. The molecule has 1 saturated heterocycles. The third-order valence-electron chi connectivity index (χ3n) is 5.42. The molecule has 1 amide bonds. The lowest BCUT2D eigenvalue weighted by molar-refractivity contribution is -0.203. The summed E-state index contributed by atoms with van der Waals surface area (Å²) in [4.78, 5) is 11.7. The summed E-state index contributed by atoms with van der Waals surface area (Å²) >= 11 is 0. The molecular formula is C22H33F3N2O. The van der Waals surface area contributed by atoms with E-state index in [1.807, 2.05) is 0 Å². The first-order valence-corrected chi connectivity index (χ1v) is 10.4. The molecule has 0 bridgehead atoms. The minimum absolute atomic E-state index is 0.0515. The maximum Gasteiger partial charge on any atom is 0.409 e. The standard InChI is InChI=1S/C22H33F3N2O/c1-4-5-6-7-8-9-10-11-17-12-14-18(15-13-17)20(22(23,24)25)27-21(2,3)16-19(28)26-27/h12-15,20H,4-11,16H2,1-3H3,(H,26,28). The zero-order valence-corrected chi connectivity index (χ0v) is 17.2. The summed E-state index contributed by atoms with van der Waals surface area (Å²) in [5.41, 5.74) is 2.72. The first-order chi connectivity index (χ1) is 13.1. The van der Waals surface area contributed by atoms with Gasteiger partial charge in [0.25, 0.3) is 0 Å². The van der Waals surface area contributed by atoms with E-state index in [0.29, 0.717) is 0 Å². The summed E-state index contributed by atoms with van der Waals surface area (Å²) < 4.78 is 41.4. The van der Waals surface area contributed by atoms with Crippen molar-refractivity contribution in [3.8, 4) is 0 Å². The van der Waals surface area contributed by atoms with Gasteiger partial charge >= 0.3 is 6.18 Å². The molecule has 0 spiro atoms. The SMILES string of the molecule is CCCCCCCCCc1ccc(C(N2NC(=O)CC2(C)C)C(F)(F)F)cc1. The van der Waals surface area contributed by atoms with Gasteiger partial charge in [0.05, 0.1) is 0 Å². The number of hydrazine groups is 1. The summed E-state index contributed by atoms with van der Waals surface area (Å²) in [6.45, 7) is 5.50. The van der Waals surface area contributed by atoms with E-state index in [-0.39, 0.29) is 17.9 Å². The van der Waals surface area contributed by atoms with Gasteiger partial charge in [0, 0.05) is 12.0 Å². The van der Waals surface area contributed by atoms with Gasteiger partial charge in [0.2, 0.25) is 5.91 Å². The predicted octanol–water partition coefficient (Wildman–Crippen LogP) is 6.10. The molecule has 0 aromatic heterocycles. The maximum atomic E-state index is 13.8. The highest BCUT2D eigenvalue weighted by molar-refractivity contribution is 5.79. The largest absolute Gasteiger partial charge is 0.409 e. The summed E-state index contributed by atoms with van der Waals surface area (Å²) in [5, 5.41) is 1.06. The zero-order valence-electron chi connectivity index (χ0n) is 17.2. The van der Waals surface area contributed by atoms with Crippen LogP contribution in [0.15, 0.2) is 24.3 Å². The fourth-order valence-electron chi connectivity index (χ4n) is 3.85. The lowest BCUT2D eigenvalue weighted by Gasteiger charge is -2.38. The number of carbonyl (C=O) groups is 1. The highest BCUT2D eigenvalue weighted by atomic mass is 19.4. The van der Waals surface area contributed by atoms with Crippen molar-refractivity contribution in [2.45, 2.75) is 96.3 Å². The van der Waals surface area contributed by atoms with E-state index in [9.17, 15) is 18.0 Å². The Labute approximate surface area is 166 Å². The van der Waals surface area contributed by atoms with Gasteiger partial charge in [-0.25, -0.2) is 0 Å². The van der Waals surface area contributed by atoms with Crippen LogP contribution in [-0.2, 0) is 11.2 Å². The molecule has 28 heavy (non-hydrogen) atoms. The van der Waals surface area contributed by atoms with Gasteiger partial charge in [-0.3, -0.25) is 10.2 Å². The first kappa shape index (κ1) is 22.7. The predicted molar refractivity (Wildman–Crippen MR) is 106 cm³/mol. The lowest BCUT2D eigenvalue weighted by Crippen LogP contribution is -2.51. The Morgan fingerprint density at radius 2 is 1.61 bits per heavy atom. The van der Waals surface area contributed by atoms with Crippen molar-refractivity contribution in [2.24, 2.45) is 0 Å². The fraction of sp³-hybridized carbons (Fsp3) is 0.682. The molecule has 3 nitrogen and oxygen atoms in total. The minimum atomic E-state index is -4.48. The molecule has 0 saturated carbocycles. The van der Waals surface area contributed by atoms with Gasteiger partial charge in [-0.05, 0) is 37.8 Å². The van der Waals surface area contributed by atoms with E-state index in [0.717, 1.165) is 29.8 Å². The number of nitrogens with zero attached hydrogens (tertiary/aromatic N) is 1. The van der Waals surface area contributed by atoms with E-state index in [2.05, 4.69) is 12.3 Å². The van der Waals surface area contributed by atoms with Crippen molar-refractivity contribution in [2.75, 3.05) is 0 Å². The molecule has 1 N–H and O–H groups in total. The molecule has 1 unspecified atom stereocenters. The topological polar surface area (TPSA) is 32.3 Å². The fourth-order valence-corrected chi connectivity index (χ4v) is 3.85. The van der Waals surface area contributed by atoms with Crippen LogP contribution in [-0.4, -0.2) is 22.6 Å². The summed E-state index contributed by atoms with van der Waals surface area (Å²) in [6.07, 6.45) is 4.97. The van der Waals surface area contributed by atoms with Crippen LogP contribution in [0.4, 0.5) is 13.2 Å². The number of hydrogen-bond acceptors (Lipinski definition) is 2. The number of amides is 1. The quantitative estimate of drug-likeness (QED) is 0.483. The molecule has 1 atom stereocenters. The molecule has 2 rings (SSSR count). The molecular weight excluding hydrogens is 365 g/mol. The van der Waals surface area contributed by atoms with E-state index < -0.39 is 17.8 Å². The van der Waals surface area contributed by atoms with Crippen LogP contribution in [0.5, 0.6) is 0 Å². The number of aryl methyl sites for hydroxylation is 1. The van der Waals surface area contributed by atoms with Crippen molar-refractivity contribution in [1.82, 2.24) is 10.4 Å². The Morgan fingerprint density at radius 3 is 2.11 bits per heavy atom. The van der Waals surface area contributed by atoms with Crippen LogP contribution >= 0.6 is 0 Å². The molecule has 1 heterocycles. The second kappa shape index (κ2) is 9.77. The number of unbranched alkanes of at least 4 members (excludes halogenated alkanes) is 6. The first-order valence-electron chi connectivity index (χ1n) is 10.4.